The molecule has 0 amide bonds. The van der Waals surface area contributed by atoms with Crippen molar-refractivity contribution in [1.82, 2.24) is 4.98 Å². The van der Waals surface area contributed by atoms with Crippen molar-refractivity contribution in [3.63, 3.8) is 0 Å². The third-order valence-corrected chi connectivity index (χ3v) is 6.34. The standard InChI is InChI=1S/C20H25N3O5S.C2HF3O2/c1-2-28-16-7-9-17(10-8-16)29(26,27)22-15-13-18(20(24)25)19(21-14-15)23-11-5-3-4-6-12-23;3-2(4,5)1(6)7/h7-10,13-14,22H,2-6,11-12H2,1H3,(H,24,25);(H,6,7). The predicted octanol–water partition coefficient (Wildman–Crippen LogP) is 3.99. The van der Waals surface area contributed by atoms with Gasteiger partial charge in [-0.2, -0.15) is 13.2 Å². The number of nitrogens with one attached hydrogen (secondary N) is 1. The number of pyridine rings is 1. The Labute approximate surface area is 205 Å². The summed E-state index contributed by atoms with van der Waals surface area (Å²) < 4.78 is 64.8. The van der Waals surface area contributed by atoms with E-state index in [2.05, 4.69) is 9.71 Å². The molecule has 0 bridgehead atoms. The number of benzene rings is 1. The molecule has 1 aliphatic heterocycles. The molecule has 1 aliphatic rings. The number of nitrogens with zero attached hydrogens (tertiary/aromatic N) is 2. The van der Waals surface area contributed by atoms with Crippen molar-refractivity contribution in [3.05, 3.63) is 42.1 Å². The van der Waals surface area contributed by atoms with Gasteiger partial charge in [0.05, 0.1) is 23.4 Å². The number of ether oxygens (including phenoxy) is 1. The number of carboxylic acid groups (broad SMARTS) is 2. The number of hydrogen-bond acceptors (Lipinski definition) is 7. The summed E-state index contributed by atoms with van der Waals surface area (Å²) in [6.45, 7) is 3.81. The number of carbonyl (C=O) groups is 2. The largest absolute Gasteiger partial charge is 0.494 e. The van der Waals surface area contributed by atoms with Gasteiger partial charge in [-0.1, -0.05) is 12.8 Å². The van der Waals surface area contributed by atoms with E-state index >= 15 is 0 Å². The molecule has 198 valence electrons. The molecule has 1 saturated heterocycles. The molecule has 1 aromatic heterocycles. The van der Waals surface area contributed by atoms with E-state index in [-0.39, 0.29) is 16.1 Å². The van der Waals surface area contributed by atoms with Gasteiger partial charge in [0.25, 0.3) is 10.0 Å². The highest BCUT2D eigenvalue weighted by molar-refractivity contribution is 7.92. The topological polar surface area (TPSA) is 146 Å². The second-order valence-corrected chi connectivity index (χ2v) is 9.30. The third kappa shape index (κ3) is 8.29. The highest BCUT2D eigenvalue weighted by Gasteiger charge is 2.38. The van der Waals surface area contributed by atoms with Gasteiger partial charge in [0.1, 0.15) is 17.1 Å². The van der Waals surface area contributed by atoms with Crippen LogP contribution in [0.25, 0.3) is 0 Å². The molecule has 36 heavy (non-hydrogen) atoms. The Kier molecular flexibility index (Phi) is 9.90. The monoisotopic (exact) mass is 533 g/mol. The zero-order valence-electron chi connectivity index (χ0n) is 19.3. The molecule has 0 spiro atoms. The van der Waals surface area contributed by atoms with Gasteiger partial charge in [-0.05, 0) is 50.1 Å². The summed E-state index contributed by atoms with van der Waals surface area (Å²) in [5.41, 5.74) is 0.0913. The Morgan fingerprint density at radius 2 is 1.64 bits per heavy atom. The molecule has 3 rings (SSSR count). The van der Waals surface area contributed by atoms with E-state index in [0.717, 1.165) is 38.8 Å². The van der Waals surface area contributed by atoms with Crippen LogP contribution in [0.2, 0.25) is 0 Å². The Hall–Kier alpha value is -3.55. The van der Waals surface area contributed by atoms with Crippen LogP contribution in [-0.2, 0) is 14.8 Å². The highest BCUT2D eigenvalue weighted by Crippen LogP contribution is 2.26. The maximum Gasteiger partial charge on any atom is 0.490 e. The first kappa shape index (κ1) is 28.7. The van der Waals surface area contributed by atoms with Crippen LogP contribution in [-0.4, -0.2) is 61.4 Å². The summed E-state index contributed by atoms with van der Waals surface area (Å²) in [6, 6.07) is 7.33. The van der Waals surface area contributed by atoms with E-state index < -0.39 is 28.1 Å². The molecule has 1 fully saturated rings. The zero-order chi connectivity index (χ0) is 26.9. The number of aromatic carboxylic acids is 1. The summed E-state index contributed by atoms with van der Waals surface area (Å²) in [5.74, 6) is -2.95. The molecule has 0 saturated carbocycles. The average molecular weight is 534 g/mol. The smallest absolute Gasteiger partial charge is 0.490 e. The number of aliphatic carboxylic acids is 1. The maximum absolute atomic E-state index is 12.6. The highest BCUT2D eigenvalue weighted by atomic mass is 32.2. The van der Waals surface area contributed by atoms with Crippen LogP contribution in [0, 0.1) is 0 Å². The quantitative estimate of drug-likeness (QED) is 0.481. The van der Waals surface area contributed by atoms with E-state index in [0.29, 0.717) is 18.2 Å². The first-order valence-corrected chi connectivity index (χ1v) is 12.4. The lowest BCUT2D eigenvalue weighted by molar-refractivity contribution is -0.192. The van der Waals surface area contributed by atoms with Crippen LogP contribution in [0.1, 0.15) is 43.0 Å². The van der Waals surface area contributed by atoms with Gasteiger partial charge in [0.15, 0.2) is 0 Å². The Morgan fingerprint density at radius 1 is 1.08 bits per heavy atom. The second-order valence-electron chi connectivity index (χ2n) is 7.61. The molecule has 14 heteroatoms. The lowest BCUT2D eigenvalue weighted by atomic mass is 10.2. The molecule has 0 unspecified atom stereocenters. The van der Waals surface area contributed by atoms with Crippen molar-refractivity contribution in [3.8, 4) is 5.75 Å². The fourth-order valence-electron chi connectivity index (χ4n) is 3.30. The van der Waals surface area contributed by atoms with Crippen LogP contribution in [0.4, 0.5) is 24.7 Å². The van der Waals surface area contributed by atoms with Gasteiger partial charge in [0, 0.05) is 13.1 Å². The summed E-state index contributed by atoms with van der Waals surface area (Å²) in [5, 5.41) is 16.8. The normalized spacial score (nSPS) is 14.2. The molecular formula is C22H26F3N3O7S. The molecular weight excluding hydrogens is 507 g/mol. The SMILES string of the molecule is CCOc1ccc(S(=O)(=O)Nc2cnc(N3CCCCCC3)c(C(=O)O)c2)cc1.O=C(O)C(F)(F)F. The van der Waals surface area contributed by atoms with Crippen molar-refractivity contribution in [2.45, 2.75) is 43.7 Å². The zero-order valence-corrected chi connectivity index (χ0v) is 20.1. The first-order valence-electron chi connectivity index (χ1n) is 10.9. The van der Waals surface area contributed by atoms with E-state index in [1.165, 1.54) is 24.4 Å². The number of aromatic nitrogens is 1. The van der Waals surface area contributed by atoms with E-state index in [4.69, 9.17) is 14.6 Å². The fraction of sp³-hybridized carbons (Fsp3) is 0.409. The molecule has 10 nitrogen and oxygen atoms in total. The van der Waals surface area contributed by atoms with Gasteiger partial charge in [-0.3, -0.25) is 4.72 Å². The van der Waals surface area contributed by atoms with Gasteiger partial charge in [-0.15, -0.1) is 0 Å². The van der Waals surface area contributed by atoms with Gasteiger partial charge >= 0.3 is 18.1 Å². The number of alkyl halides is 3. The average Bonchev–Trinajstić information content (AvgIpc) is 3.09. The number of sulfonamides is 1. The van der Waals surface area contributed by atoms with Crippen LogP contribution in [0.15, 0.2) is 41.4 Å². The van der Waals surface area contributed by atoms with E-state index in [1.54, 1.807) is 12.1 Å². The van der Waals surface area contributed by atoms with Crippen molar-refractivity contribution in [2.24, 2.45) is 0 Å². The predicted molar refractivity (Wildman–Crippen MR) is 124 cm³/mol. The maximum atomic E-state index is 12.6. The third-order valence-electron chi connectivity index (χ3n) is 4.94. The van der Waals surface area contributed by atoms with Crippen LogP contribution in [0.5, 0.6) is 5.75 Å². The van der Waals surface area contributed by atoms with E-state index in [1.807, 2.05) is 11.8 Å². The Balaban J connectivity index is 0.000000572. The van der Waals surface area contributed by atoms with Crippen molar-refractivity contribution < 1.29 is 46.1 Å². The molecule has 0 atom stereocenters. The molecule has 2 heterocycles. The van der Waals surface area contributed by atoms with Gasteiger partial charge in [0.2, 0.25) is 0 Å². The minimum atomic E-state index is -5.08. The lowest BCUT2D eigenvalue weighted by Crippen LogP contribution is -2.27. The number of anilines is 2. The minimum absolute atomic E-state index is 0.0150. The second kappa shape index (κ2) is 12.4. The summed E-state index contributed by atoms with van der Waals surface area (Å²) >= 11 is 0. The summed E-state index contributed by atoms with van der Waals surface area (Å²) in [7, 11) is -3.88. The van der Waals surface area contributed by atoms with Crippen molar-refractivity contribution in [2.75, 3.05) is 29.3 Å². The molecule has 3 N–H and O–H groups in total. The fourth-order valence-corrected chi connectivity index (χ4v) is 4.34. The summed E-state index contributed by atoms with van der Waals surface area (Å²) in [6.07, 6.45) is 0.455. The van der Waals surface area contributed by atoms with Crippen LogP contribution < -0.4 is 14.4 Å². The first-order chi connectivity index (χ1) is 16.8. The van der Waals surface area contributed by atoms with Gasteiger partial charge < -0.3 is 19.8 Å². The van der Waals surface area contributed by atoms with E-state index in [9.17, 15) is 31.5 Å². The van der Waals surface area contributed by atoms with Crippen molar-refractivity contribution >= 4 is 33.5 Å². The van der Waals surface area contributed by atoms with Crippen LogP contribution >= 0.6 is 0 Å². The van der Waals surface area contributed by atoms with Crippen LogP contribution in [0.3, 0.4) is 0 Å². The number of rotatable bonds is 7. The lowest BCUT2D eigenvalue weighted by Gasteiger charge is -2.23. The minimum Gasteiger partial charge on any atom is -0.494 e. The molecule has 1 aromatic carbocycles. The Morgan fingerprint density at radius 3 is 2.11 bits per heavy atom. The molecule has 2 aromatic rings. The van der Waals surface area contributed by atoms with Crippen molar-refractivity contribution in [1.29, 1.82) is 0 Å². The van der Waals surface area contributed by atoms with Gasteiger partial charge in [-0.25, -0.2) is 23.0 Å². The Bertz CT molecular complexity index is 1150. The number of hydrogen-bond donors (Lipinski definition) is 3. The molecule has 0 aliphatic carbocycles. The number of carboxylic acids is 2. The summed E-state index contributed by atoms with van der Waals surface area (Å²) in [4.78, 5) is 27.0. The molecule has 0 radical (unpaired) electrons. The number of halogens is 3.